The molecule has 0 amide bonds. The third kappa shape index (κ3) is 3.66. The molecule has 0 unspecified atom stereocenters. The van der Waals surface area contributed by atoms with Crippen molar-refractivity contribution in [2.45, 2.75) is 58.8 Å². The van der Waals surface area contributed by atoms with Crippen LogP contribution in [0.3, 0.4) is 0 Å². The first kappa shape index (κ1) is 19.0. The standard InChI is InChI=1S/C22H26BrNO2/c1-21(2,3)14-10-13(11-15(19(14)25)22(4,5)6)12-18-24-17-9-7-8-16(23)20(17)26-18/h7-11,25H,12H2,1-6H3. The maximum Gasteiger partial charge on any atom is 0.199 e. The SMILES string of the molecule is CC(C)(C)c1cc(Cc2nc3cccc(Br)c3o2)cc(C(C)(C)C)c1O. The lowest BCUT2D eigenvalue weighted by Crippen LogP contribution is -2.18. The van der Waals surface area contributed by atoms with Gasteiger partial charge in [-0.3, -0.25) is 0 Å². The summed E-state index contributed by atoms with van der Waals surface area (Å²) in [6.07, 6.45) is 0.591. The summed E-state index contributed by atoms with van der Waals surface area (Å²) in [5, 5.41) is 10.9. The number of rotatable bonds is 2. The van der Waals surface area contributed by atoms with Gasteiger partial charge in [-0.2, -0.15) is 0 Å². The smallest absolute Gasteiger partial charge is 0.199 e. The lowest BCUT2D eigenvalue weighted by Gasteiger charge is -2.28. The molecule has 0 bridgehead atoms. The van der Waals surface area contributed by atoms with Gasteiger partial charge in [0.2, 0.25) is 0 Å². The van der Waals surface area contributed by atoms with E-state index in [0.29, 0.717) is 18.1 Å². The number of nitrogens with zero attached hydrogens (tertiary/aromatic N) is 1. The summed E-state index contributed by atoms with van der Waals surface area (Å²) >= 11 is 3.51. The molecule has 0 atom stereocenters. The van der Waals surface area contributed by atoms with Crippen LogP contribution in [0.1, 0.15) is 64.1 Å². The van der Waals surface area contributed by atoms with E-state index in [-0.39, 0.29) is 10.8 Å². The van der Waals surface area contributed by atoms with E-state index in [2.05, 4.69) is 74.6 Å². The van der Waals surface area contributed by atoms with Crippen LogP contribution in [0.4, 0.5) is 0 Å². The predicted octanol–water partition coefficient (Wildman–Crippen LogP) is 6.48. The van der Waals surface area contributed by atoms with Crippen molar-refractivity contribution in [2.24, 2.45) is 0 Å². The molecular weight excluding hydrogens is 390 g/mol. The minimum absolute atomic E-state index is 0.148. The molecule has 0 fully saturated rings. The van der Waals surface area contributed by atoms with Gasteiger partial charge in [0.1, 0.15) is 11.3 Å². The number of benzene rings is 2. The van der Waals surface area contributed by atoms with Gasteiger partial charge in [0.25, 0.3) is 0 Å². The van der Waals surface area contributed by atoms with E-state index in [1.807, 2.05) is 18.2 Å². The van der Waals surface area contributed by atoms with E-state index in [4.69, 9.17) is 4.42 Å². The third-order valence-electron chi connectivity index (χ3n) is 4.55. The van der Waals surface area contributed by atoms with Crippen LogP contribution in [0, 0.1) is 0 Å². The van der Waals surface area contributed by atoms with Gasteiger partial charge in [0, 0.05) is 6.42 Å². The number of phenolic OH excluding ortho intramolecular Hbond substituents is 1. The zero-order valence-corrected chi connectivity index (χ0v) is 17.9. The van der Waals surface area contributed by atoms with Crippen molar-refractivity contribution >= 4 is 27.0 Å². The summed E-state index contributed by atoms with van der Waals surface area (Å²) in [5.41, 5.74) is 4.33. The fraction of sp³-hybridized carbons (Fsp3) is 0.409. The van der Waals surface area contributed by atoms with Crippen LogP contribution in [0.2, 0.25) is 0 Å². The molecule has 0 spiro atoms. The Labute approximate surface area is 163 Å². The van der Waals surface area contributed by atoms with E-state index in [1.54, 1.807) is 0 Å². The molecule has 0 aliphatic heterocycles. The van der Waals surface area contributed by atoms with Crippen LogP contribution >= 0.6 is 15.9 Å². The van der Waals surface area contributed by atoms with Crippen LogP contribution in [0.25, 0.3) is 11.1 Å². The molecule has 3 rings (SSSR count). The van der Waals surface area contributed by atoms with Crippen molar-refractivity contribution < 1.29 is 9.52 Å². The number of para-hydroxylation sites is 1. The molecule has 2 aromatic carbocycles. The van der Waals surface area contributed by atoms with Crippen molar-refractivity contribution in [3.05, 3.63) is 57.4 Å². The maximum absolute atomic E-state index is 10.9. The molecule has 3 nitrogen and oxygen atoms in total. The molecular formula is C22H26BrNO2. The largest absolute Gasteiger partial charge is 0.507 e. The Bertz CT molecular complexity index is 923. The summed E-state index contributed by atoms with van der Waals surface area (Å²) < 4.78 is 6.87. The van der Waals surface area contributed by atoms with Gasteiger partial charge in [-0.25, -0.2) is 4.98 Å². The number of aromatic nitrogens is 1. The van der Waals surface area contributed by atoms with Crippen LogP contribution in [0.5, 0.6) is 5.75 Å². The highest BCUT2D eigenvalue weighted by Crippen LogP contribution is 2.40. The zero-order chi connectivity index (χ0) is 19.3. The Morgan fingerprint density at radius 1 is 1.00 bits per heavy atom. The molecule has 1 heterocycles. The van der Waals surface area contributed by atoms with Crippen LogP contribution in [-0.2, 0) is 17.3 Å². The van der Waals surface area contributed by atoms with Crippen molar-refractivity contribution in [3.8, 4) is 5.75 Å². The Balaban J connectivity index is 2.10. The fourth-order valence-corrected chi connectivity index (χ4v) is 3.59. The minimum atomic E-state index is -0.148. The zero-order valence-electron chi connectivity index (χ0n) is 16.3. The second-order valence-corrected chi connectivity index (χ2v) is 9.77. The summed E-state index contributed by atoms with van der Waals surface area (Å²) in [7, 11) is 0. The Hall–Kier alpha value is -1.81. The molecule has 0 aliphatic carbocycles. The van der Waals surface area contributed by atoms with E-state index in [1.165, 1.54) is 0 Å². The molecule has 1 N–H and O–H groups in total. The van der Waals surface area contributed by atoms with E-state index < -0.39 is 0 Å². The number of halogens is 1. The molecule has 0 aliphatic rings. The number of aromatic hydroxyl groups is 1. The predicted molar refractivity (Wildman–Crippen MR) is 110 cm³/mol. The molecule has 3 aromatic rings. The van der Waals surface area contributed by atoms with Crippen molar-refractivity contribution in [2.75, 3.05) is 0 Å². The van der Waals surface area contributed by atoms with Gasteiger partial charge in [0.15, 0.2) is 11.5 Å². The third-order valence-corrected chi connectivity index (χ3v) is 5.18. The highest BCUT2D eigenvalue weighted by Gasteiger charge is 2.26. The molecule has 26 heavy (non-hydrogen) atoms. The molecule has 4 heteroatoms. The van der Waals surface area contributed by atoms with Gasteiger partial charge in [0.05, 0.1) is 4.47 Å². The molecule has 138 valence electrons. The van der Waals surface area contributed by atoms with Crippen molar-refractivity contribution in [1.29, 1.82) is 0 Å². The van der Waals surface area contributed by atoms with E-state index >= 15 is 0 Å². The molecule has 1 aromatic heterocycles. The lowest BCUT2D eigenvalue weighted by molar-refractivity contribution is 0.422. The van der Waals surface area contributed by atoms with Gasteiger partial charge in [-0.05, 0) is 55.6 Å². The summed E-state index contributed by atoms with van der Waals surface area (Å²) in [4.78, 5) is 4.62. The number of hydrogen-bond donors (Lipinski definition) is 1. The second-order valence-electron chi connectivity index (χ2n) is 8.91. The Morgan fingerprint density at radius 2 is 1.58 bits per heavy atom. The first-order valence-corrected chi connectivity index (χ1v) is 9.67. The second kappa shape index (κ2) is 6.41. The summed E-state index contributed by atoms with van der Waals surface area (Å²) in [5.74, 6) is 1.08. The fourth-order valence-electron chi connectivity index (χ4n) is 3.15. The number of oxazole rings is 1. The van der Waals surface area contributed by atoms with Crippen molar-refractivity contribution in [1.82, 2.24) is 4.98 Å². The normalized spacial score (nSPS) is 12.7. The van der Waals surface area contributed by atoms with Gasteiger partial charge < -0.3 is 9.52 Å². The first-order chi connectivity index (χ1) is 12.0. The molecule has 0 radical (unpaired) electrons. The van der Waals surface area contributed by atoms with E-state index in [9.17, 15) is 5.11 Å². The summed E-state index contributed by atoms with van der Waals surface area (Å²) in [6.45, 7) is 12.7. The summed E-state index contributed by atoms with van der Waals surface area (Å²) in [6, 6.07) is 10.0. The maximum atomic E-state index is 10.9. The number of fused-ring (bicyclic) bond motifs is 1. The Morgan fingerprint density at radius 3 is 2.08 bits per heavy atom. The van der Waals surface area contributed by atoms with Gasteiger partial charge >= 0.3 is 0 Å². The highest BCUT2D eigenvalue weighted by atomic mass is 79.9. The number of hydrogen-bond acceptors (Lipinski definition) is 3. The number of phenols is 1. The van der Waals surface area contributed by atoms with Crippen LogP contribution in [0.15, 0.2) is 39.2 Å². The first-order valence-electron chi connectivity index (χ1n) is 8.87. The highest BCUT2D eigenvalue weighted by molar-refractivity contribution is 9.10. The van der Waals surface area contributed by atoms with E-state index in [0.717, 1.165) is 32.3 Å². The van der Waals surface area contributed by atoms with Crippen LogP contribution in [-0.4, -0.2) is 10.1 Å². The molecule has 0 saturated heterocycles. The minimum Gasteiger partial charge on any atom is -0.507 e. The van der Waals surface area contributed by atoms with Crippen molar-refractivity contribution in [3.63, 3.8) is 0 Å². The molecule has 0 saturated carbocycles. The quantitative estimate of drug-likeness (QED) is 0.520. The van der Waals surface area contributed by atoms with Gasteiger partial charge in [-0.15, -0.1) is 0 Å². The average Bonchev–Trinajstić information content (AvgIpc) is 2.90. The monoisotopic (exact) mass is 415 g/mol. The topological polar surface area (TPSA) is 46.3 Å². The lowest BCUT2D eigenvalue weighted by atomic mass is 9.78. The Kier molecular flexibility index (Phi) is 4.68. The average molecular weight is 416 g/mol. The van der Waals surface area contributed by atoms with Gasteiger partial charge in [-0.1, -0.05) is 59.7 Å². The van der Waals surface area contributed by atoms with Crippen LogP contribution < -0.4 is 0 Å².